The van der Waals surface area contributed by atoms with Gasteiger partial charge in [-0.25, -0.2) is 12.2 Å². The molecule has 0 nitrogen and oxygen atoms in total. The first-order chi connectivity index (χ1) is 16.6. The third-order valence-electron chi connectivity index (χ3n) is 6.20. The molecule has 0 heterocycles. The summed E-state index contributed by atoms with van der Waals surface area (Å²) in [6.07, 6.45) is 11.1. The van der Waals surface area contributed by atoms with E-state index < -0.39 is 0 Å². The third-order valence-corrected chi connectivity index (χ3v) is 6.70. The monoisotopic (exact) mass is 574 g/mol. The van der Waals surface area contributed by atoms with Crippen LogP contribution in [0.5, 0.6) is 0 Å². The topological polar surface area (TPSA) is 0 Å². The number of hydrogen-bond acceptors (Lipinski definition) is 0. The fraction of sp³-hybridized carbons (Fsp3) is 0.294. The molecule has 37 heavy (non-hydrogen) atoms. The van der Waals surface area contributed by atoms with Gasteiger partial charge < -0.3 is 9.41 Å². The summed E-state index contributed by atoms with van der Waals surface area (Å²) in [4.78, 5) is 0. The average Bonchev–Trinajstić information content (AvgIpc) is 3.50. The molecule has 4 aromatic rings. The maximum absolute atomic E-state index is 2.99. The summed E-state index contributed by atoms with van der Waals surface area (Å²) < 4.78 is 2.25. The Bertz CT molecular complexity index is 1230. The van der Waals surface area contributed by atoms with Gasteiger partial charge in [0.1, 0.15) is 0 Å². The fourth-order valence-corrected chi connectivity index (χ4v) is 4.61. The van der Waals surface area contributed by atoms with E-state index in [1.165, 1.54) is 62.5 Å². The van der Waals surface area contributed by atoms with E-state index in [1.807, 2.05) is 18.2 Å². The van der Waals surface area contributed by atoms with E-state index in [9.17, 15) is 0 Å². The first kappa shape index (κ1) is 32.7. The number of hydrogen-bond donors (Lipinski definition) is 0. The Morgan fingerprint density at radius 1 is 0.784 bits per heavy atom. The van der Waals surface area contributed by atoms with Crippen LogP contribution in [0.15, 0.2) is 91.0 Å². The molecule has 5 rings (SSSR count). The number of halogens is 2. The minimum atomic E-state index is 0. The van der Waals surface area contributed by atoms with Crippen molar-refractivity contribution < 1.29 is 33.6 Å². The zero-order chi connectivity index (χ0) is 25.5. The third kappa shape index (κ3) is 9.46. The van der Waals surface area contributed by atoms with E-state index in [0.29, 0.717) is 0 Å². The van der Waals surface area contributed by atoms with Crippen molar-refractivity contribution in [2.24, 2.45) is 0 Å². The van der Waals surface area contributed by atoms with Gasteiger partial charge in [-0.15, -0.1) is 46.2 Å². The van der Waals surface area contributed by atoms with Crippen LogP contribution in [-0.4, -0.2) is 3.71 Å². The molecule has 0 N–H and O–H groups in total. The van der Waals surface area contributed by atoms with Crippen LogP contribution in [0.2, 0.25) is 0 Å². The molecule has 0 bridgehead atoms. The Morgan fingerprint density at radius 2 is 1.30 bits per heavy atom. The van der Waals surface area contributed by atoms with Crippen molar-refractivity contribution in [3.63, 3.8) is 0 Å². The molecule has 0 atom stereocenters. The molecule has 1 aliphatic carbocycles. The molecule has 4 aromatic carbocycles. The van der Waals surface area contributed by atoms with Gasteiger partial charge in [0.15, 0.2) is 0 Å². The predicted molar refractivity (Wildman–Crippen MR) is 152 cm³/mol. The summed E-state index contributed by atoms with van der Waals surface area (Å²) in [7, 11) is 0. The van der Waals surface area contributed by atoms with Crippen LogP contribution in [0.1, 0.15) is 64.7 Å². The van der Waals surface area contributed by atoms with Crippen molar-refractivity contribution in [3.8, 4) is 0 Å². The Kier molecular flexibility index (Phi) is 12.8. The molecule has 0 amide bonds. The van der Waals surface area contributed by atoms with Crippen LogP contribution in [0.4, 0.5) is 0 Å². The second-order valence-electron chi connectivity index (χ2n) is 11.1. The van der Waals surface area contributed by atoms with Gasteiger partial charge in [0.25, 0.3) is 0 Å². The summed E-state index contributed by atoms with van der Waals surface area (Å²) in [6.45, 7) is 13.6. The van der Waals surface area contributed by atoms with Gasteiger partial charge >= 0.3 is 70.3 Å². The van der Waals surface area contributed by atoms with Crippen LogP contribution < -0.4 is 9.41 Å². The summed E-state index contributed by atoms with van der Waals surface area (Å²) in [5, 5.41) is 5.48. The Balaban J connectivity index is 0.000000354. The summed E-state index contributed by atoms with van der Waals surface area (Å²) in [5.74, 6) is 0. The van der Waals surface area contributed by atoms with E-state index in [2.05, 4.69) is 124 Å². The van der Waals surface area contributed by atoms with Gasteiger partial charge in [-0.3, -0.25) is 6.08 Å². The van der Waals surface area contributed by atoms with Gasteiger partial charge in [-0.05, 0) is 10.8 Å². The van der Waals surface area contributed by atoms with Crippen molar-refractivity contribution in [1.82, 2.24) is 0 Å². The Labute approximate surface area is 236 Å². The number of allylic oxidation sites excluding steroid dienone is 4. The first-order valence-electron chi connectivity index (χ1n) is 12.5. The van der Waals surface area contributed by atoms with Crippen molar-refractivity contribution >= 4 is 25.3 Å². The molecule has 0 saturated heterocycles. The van der Waals surface area contributed by atoms with Crippen LogP contribution >= 0.6 is 0 Å². The quantitative estimate of drug-likeness (QED) is 0.322. The van der Waals surface area contributed by atoms with E-state index in [-0.39, 0.29) is 20.2 Å². The minimum absolute atomic E-state index is 0. The summed E-state index contributed by atoms with van der Waals surface area (Å²) >= 11 is 1.51. The summed E-state index contributed by atoms with van der Waals surface area (Å²) in [5.41, 5.74) is 4.62. The molecule has 194 valence electrons. The van der Waals surface area contributed by atoms with Crippen LogP contribution in [0, 0.1) is 6.08 Å². The maximum atomic E-state index is 2.99. The molecular weight excluding hydrogens is 538 g/mol. The van der Waals surface area contributed by atoms with Gasteiger partial charge in [-0.2, -0.15) is 6.08 Å². The van der Waals surface area contributed by atoms with Crippen LogP contribution in [0.3, 0.4) is 0 Å². The average molecular weight is 576 g/mol. The van der Waals surface area contributed by atoms with Crippen molar-refractivity contribution in [2.45, 2.75) is 65.2 Å². The molecule has 0 spiro atoms. The molecule has 0 unspecified atom stereocenters. The van der Waals surface area contributed by atoms with Gasteiger partial charge in [0, 0.05) is 0 Å². The molecule has 0 radical (unpaired) electrons. The first-order valence-corrected chi connectivity index (χ1v) is 13.9. The number of benzene rings is 3. The Hall–Kier alpha value is -2.38. The standard InChI is InChI=1S/C21H25.C8H8.C5H5.2FH.Zr/c1-20(2,3)16-7-9-18-14(12-16)11-15-13-17(21(4,5)6)8-10-19(15)18;1-2-8-6-4-3-5-7-8;1-2-4-5-3-1;;;/h7-13H,1-6H3;1,3-7H,2H2;1-3H,4H2;2*1H;/q-1;;-1;;;+2/p-2. The van der Waals surface area contributed by atoms with Crippen molar-refractivity contribution in [2.75, 3.05) is 0 Å². The van der Waals surface area contributed by atoms with Gasteiger partial charge in [-0.1, -0.05) is 76.9 Å². The normalized spacial score (nSPS) is 12.1. The zero-order valence-corrected chi connectivity index (χ0v) is 25.4. The van der Waals surface area contributed by atoms with E-state index in [1.54, 1.807) is 0 Å². The number of fused-ring (bicyclic) bond motifs is 3. The molecule has 1 aliphatic rings. The second-order valence-corrected chi connectivity index (χ2v) is 12.1. The van der Waals surface area contributed by atoms with E-state index in [0.717, 1.165) is 12.8 Å². The number of rotatable bonds is 2. The Morgan fingerprint density at radius 3 is 1.65 bits per heavy atom. The zero-order valence-electron chi connectivity index (χ0n) is 22.9. The van der Waals surface area contributed by atoms with Crippen molar-refractivity contribution in [1.29, 1.82) is 0 Å². The van der Waals surface area contributed by atoms with Gasteiger partial charge in [0.05, 0.1) is 0 Å². The summed E-state index contributed by atoms with van der Waals surface area (Å²) in [6, 6.07) is 26.7. The van der Waals surface area contributed by atoms with Crippen LogP contribution in [-0.2, 0) is 41.5 Å². The molecule has 0 aromatic heterocycles. The molecule has 0 saturated carbocycles. The van der Waals surface area contributed by atoms with Gasteiger partial charge in [0.2, 0.25) is 0 Å². The SMILES string of the molecule is CC(C)(C)c1ccc2c(c1)[cH-]c1cc(C(C)(C)C)ccc12.[C-]1=CC=CC1.[F-].[F-].[Zr+2]=[CH]Cc1ccccc1. The van der Waals surface area contributed by atoms with E-state index in [4.69, 9.17) is 0 Å². The predicted octanol–water partition coefficient (Wildman–Crippen LogP) is 3.20. The van der Waals surface area contributed by atoms with E-state index >= 15 is 0 Å². The van der Waals surface area contributed by atoms with Crippen LogP contribution in [0.25, 0.3) is 21.5 Å². The molecule has 0 fully saturated rings. The second kappa shape index (κ2) is 14.5. The molecule has 3 heteroatoms. The molecular formula is C34H38F2Zr-2. The van der Waals surface area contributed by atoms with Crippen molar-refractivity contribution in [3.05, 3.63) is 114 Å². The molecule has 0 aliphatic heterocycles. The fourth-order valence-electron chi connectivity index (χ4n) is 4.03.